The molecule has 8 heteroatoms. The Kier molecular flexibility index (Phi) is 7.08. The summed E-state index contributed by atoms with van der Waals surface area (Å²) in [6, 6.07) is 12.1. The Morgan fingerprint density at radius 1 is 1.23 bits per heavy atom. The van der Waals surface area contributed by atoms with Gasteiger partial charge in [0.15, 0.2) is 9.84 Å². The van der Waals surface area contributed by atoms with Gasteiger partial charge in [-0.2, -0.15) is 0 Å². The minimum absolute atomic E-state index is 0.188. The third-order valence-electron chi connectivity index (χ3n) is 3.69. The number of hydrogen-bond donors (Lipinski definition) is 0. The molecule has 2 aromatic carbocycles. The Hall–Kier alpha value is -1.57. The average molecular weight is 461 g/mol. The number of nitrogens with zero attached hydrogens (tertiary/aromatic N) is 1. The molecule has 1 amide bonds. The summed E-state index contributed by atoms with van der Waals surface area (Å²) in [7, 11) is -0.503. The maximum atomic E-state index is 12.4. The van der Waals surface area contributed by atoms with Crippen LogP contribution in [0.3, 0.4) is 0 Å². The average Bonchev–Trinajstić information content (AvgIpc) is 2.54. The number of benzene rings is 2. The lowest BCUT2D eigenvalue weighted by Crippen LogP contribution is -2.32. The Morgan fingerprint density at radius 3 is 2.62 bits per heavy atom. The molecule has 2 aromatic rings. The van der Waals surface area contributed by atoms with Crippen molar-refractivity contribution in [3.05, 3.63) is 63.1 Å². The topological polar surface area (TPSA) is 63.7 Å². The van der Waals surface area contributed by atoms with Crippen LogP contribution in [0.2, 0.25) is 5.02 Å². The van der Waals surface area contributed by atoms with Crippen molar-refractivity contribution < 1.29 is 17.9 Å². The van der Waals surface area contributed by atoms with Gasteiger partial charge in [0.1, 0.15) is 11.5 Å². The molecule has 0 spiro atoms. The molecule has 0 aliphatic rings. The van der Waals surface area contributed by atoms with E-state index in [1.807, 2.05) is 6.07 Å². The second-order valence-electron chi connectivity index (χ2n) is 5.87. The zero-order valence-corrected chi connectivity index (χ0v) is 17.6. The minimum Gasteiger partial charge on any atom is -0.496 e. The van der Waals surface area contributed by atoms with E-state index in [0.29, 0.717) is 21.9 Å². The Balaban J connectivity index is 2.05. The van der Waals surface area contributed by atoms with Crippen LogP contribution in [0.4, 0.5) is 0 Å². The summed E-state index contributed by atoms with van der Waals surface area (Å²) in [4.78, 5) is 13.7. The quantitative estimate of drug-likeness (QED) is 0.632. The SMILES string of the molecule is COc1ccc(Cl)cc1CN(C)C(=O)CS(=O)(=O)Cc1cccc(Br)c1. The van der Waals surface area contributed by atoms with Crippen molar-refractivity contribution in [2.24, 2.45) is 0 Å². The first-order valence-electron chi connectivity index (χ1n) is 7.71. The lowest BCUT2D eigenvalue weighted by atomic mass is 10.2. The molecule has 140 valence electrons. The first kappa shape index (κ1) is 20.7. The smallest absolute Gasteiger partial charge is 0.237 e. The molecule has 0 N–H and O–H groups in total. The molecule has 0 aliphatic heterocycles. The Bertz CT molecular complexity index is 902. The Labute approximate surface area is 167 Å². The van der Waals surface area contributed by atoms with Crippen LogP contribution in [-0.4, -0.2) is 39.1 Å². The highest BCUT2D eigenvalue weighted by molar-refractivity contribution is 9.10. The van der Waals surface area contributed by atoms with Gasteiger partial charge < -0.3 is 9.64 Å². The van der Waals surface area contributed by atoms with Gasteiger partial charge in [0.2, 0.25) is 5.91 Å². The normalized spacial score (nSPS) is 11.2. The van der Waals surface area contributed by atoms with Crippen molar-refractivity contribution in [2.75, 3.05) is 19.9 Å². The van der Waals surface area contributed by atoms with Crippen LogP contribution < -0.4 is 4.74 Å². The molecule has 0 saturated carbocycles. The number of amides is 1. The molecule has 0 unspecified atom stereocenters. The number of ether oxygens (including phenoxy) is 1. The van der Waals surface area contributed by atoms with Crippen LogP contribution in [0.5, 0.6) is 5.75 Å². The molecular weight excluding hydrogens is 442 g/mol. The summed E-state index contributed by atoms with van der Waals surface area (Å²) in [5.74, 6) is -0.640. The highest BCUT2D eigenvalue weighted by Gasteiger charge is 2.21. The van der Waals surface area contributed by atoms with Gasteiger partial charge in [0.25, 0.3) is 0 Å². The molecule has 2 rings (SSSR count). The fourth-order valence-corrected chi connectivity index (χ4v) is 4.47. The van der Waals surface area contributed by atoms with E-state index in [-0.39, 0.29) is 12.3 Å². The van der Waals surface area contributed by atoms with E-state index in [9.17, 15) is 13.2 Å². The number of methoxy groups -OCH3 is 1. The first-order valence-corrected chi connectivity index (χ1v) is 10.7. The lowest BCUT2D eigenvalue weighted by Gasteiger charge is -2.19. The number of halogens is 2. The minimum atomic E-state index is -3.58. The third-order valence-corrected chi connectivity index (χ3v) is 5.88. The van der Waals surface area contributed by atoms with E-state index < -0.39 is 21.5 Å². The molecule has 0 aromatic heterocycles. The molecule has 0 heterocycles. The highest BCUT2D eigenvalue weighted by atomic mass is 79.9. The second-order valence-corrected chi connectivity index (χ2v) is 9.28. The van der Waals surface area contributed by atoms with Crippen LogP contribution in [0.25, 0.3) is 0 Å². The summed E-state index contributed by atoms with van der Waals surface area (Å²) >= 11 is 9.30. The van der Waals surface area contributed by atoms with Crippen molar-refractivity contribution >= 4 is 43.3 Å². The molecular formula is C18H19BrClNO4S. The fourth-order valence-electron chi connectivity index (χ4n) is 2.44. The molecule has 0 fully saturated rings. The molecule has 26 heavy (non-hydrogen) atoms. The van der Waals surface area contributed by atoms with Crippen molar-refractivity contribution in [2.45, 2.75) is 12.3 Å². The van der Waals surface area contributed by atoms with E-state index in [1.165, 1.54) is 12.0 Å². The summed E-state index contributed by atoms with van der Waals surface area (Å²) in [6.45, 7) is 0.203. The van der Waals surface area contributed by atoms with Crippen molar-refractivity contribution in [3.8, 4) is 5.75 Å². The first-order chi connectivity index (χ1) is 12.2. The van der Waals surface area contributed by atoms with Gasteiger partial charge in [0, 0.05) is 28.7 Å². The van der Waals surface area contributed by atoms with Gasteiger partial charge in [-0.05, 0) is 35.9 Å². The molecule has 0 aliphatic carbocycles. The van der Waals surface area contributed by atoms with Gasteiger partial charge in [-0.15, -0.1) is 0 Å². The second kappa shape index (κ2) is 8.88. The fraction of sp³-hybridized carbons (Fsp3) is 0.278. The van der Waals surface area contributed by atoms with Crippen LogP contribution in [0.1, 0.15) is 11.1 Å². The zero-order valence-electron chi connectivity index (χ0n) is 14.4. The molecule has 0 atom stereocenters. The van der Waals surface area contributed by atoms with Crippen molar-refractivity contribution in [3.63, 3.8) is 0 Å². The number of carbonyl (C=O) groups excluding carboxylic acids is 1. The summed E-state index contributed by atoms with van der Waals surface area (Å²) < 4.78 is 30.7. The van der Waals surface area contributed by atoms with Crippen LogP contribution in [0, 0.1) is 0 Å². The number of sulfone groups is 1. The molecule has 0 saturated heterocycles. The number of carbonyl (C=O) groups is 1. The van der Waals surface area contributed by atoms with Gasteiger partial charge in [0.05, 0.1) is 12.9 Å². The lowest BCUT2D eigenvalue weighted by molar-refractivity contribution is -0.127. The number of rotatable bonds is 7. The predicted molar refractivity (Wildman–Crippen MR) is 106 cm³/mol. The summed E-state index contributed by atoms with van der Waals surface area (Å²) in [5, 5.41) is 0.518. The van der Waals surface area contributed by atoms with E-state index in [0.717, 1.165) is 4.47 Å². The van der Waals surface area contributed by atoms with Crippen molar-refractivity contribution in [1.82, 2.24) is 4.90 Å². The highest BCUT2D eigenvalue weighted by Crippen LogP contribution is 2.24. The number of hydrogen-bond acceptors (Lipinski definition) is 4. The van der Waals surface area contributed by atoms with Crippen LogP contribution >= 0.6 is 27.5 Å². The molecule has 5 nitrogen and oxygen atoms in total. The van der Waals surface area contributed by atoms with Gasteiger partial charge in [-0.3, -0.25) is 4.79 Å². The van der Waals surface area contributed by atoms with Crippen LogP contribution in [0.15, 0.2) is 46.9 Å². The largest absolute Gasteiger partial charge is 0.496 e. The van der Waals surface area contributed by atoms with Gasteiger partial charge >= 0.3 is 0 Å². The van der Waals surface area contributed by atoms with E-state index in [2.05, 4.69) is 15.9 Å². The van der Waals surface area contributed by atoms with E-state index >= 15 is 0 Å². The van der Waals surface area contributed by atoms with Gasteiger partial charge in [-0.1, -0.05) is 39.7 Å². The maximum absolute atomic E-state index is 12.4. The maximum Gasteiger partial charge on any atom is 0.237 e. The molecule has 0 bridgehead atoms. The molecule has 0 radical (unpaired) electrons. The standard InChI is InChI=1S/C18H19BrClNO4S/c1-21(10-14-9-16(20)6-7-17(14)25-2)18(22)12-26(23,24)11-13-4-3-5-15(19)8-13/h3-9H,10-12H2,1-2H3. The van der Waals surface area contributed by atoms with Gasteiger partial charge in [-0.25, -0.2) is 8.42 Å². The summed E-state index contributed by atoms with van der Waals surface area (Å²) in [5.41, 5.74) is 1.34. The third kappa shape index (κ3) is 6.00. The van der Waals surface area contributed by atoms with E-state index in [1.54, 1.807) is 43.4 Å². The monoisotopic (exact) mass is 459 g/mol. The summed E-state index contributed by atoms with van der Waals surface area (Å²) in [6.07, 6.45) is 0. The predicted octanol–water partition coefficient (Wildman–Crippen LogP) is 3.68. The van der Waals surface area contributed by atoms with E-state index in [4.69, 9.17) is 16.3 Å². The van der Waals surface area contributed by atoms with Crippen molar-refractivity contribution in [1.29, 1.82) is 0 Å². The van der Waals surface area contributed by atoms with Crippen LogP contribution in [-0.2, 0) is 26.9 Å². The Morgan fingerprint density at radius 2 is 1.96 bits per heavy atom. The zero-order chi connectivity index (χ0) is 19.3.